The van der Waals surface area contributed by atoms with E-state index in [0.29, 0.717) is 12.4 Å². The van der Waals surface area contributed by atoms with E-state index >= 15 is 0 Å². The van der Waals surface area contributed by atoms with E-state index in [0.717, 1.165) is 19.3 Å². The molecule has 1 aromatic heterocycles. The molecule has 1 unspecified atom stereocenters. The number of aliphatic carboxylic acids is 1. The summed E-state index contributed by atoms with van der Waals surface area (Å²) < 4.78 is 1.58. The van der Waals surface area contributed by atoms with Crippen molar-refractivity contribution in [1.82, 2.24) is 9.55 Å². The molecule has 19 heavy (non-hydrogen) atoms. The number of carboxylic acid groups (broad SMARTS) is 1. The molecule has 0 saturated carbocycles. The third kappa shape index (κ3) is 2.67. The highest BCUT2D eigenvalue weighted by molar-refractivity contribution is 5.69. The van der Waals surface area contributed by atoms with E-state index in [1.165, 1.54) is 6.33 Å². The second-order valence-corrected chi connectivity index (χ2v) is 4.70. The molecule has 1 aromatic rings. The molecule has 0 aromatic carbocycles. The highest BCUT2D eigenvalue weighted by Crippen LogP contribution is 2.32. The Balaban J connectivity index is 2.34. The first-order valence-electron chi connectivity index (χ1n) is 6.15. The molecule has 1 N–H and O–H groups in total. The molecule has 0 spiro atoms. The third-order valence-corrected chi connectivity index (χ3v) is 3.37. The van der Waals surface area contributed by atoms with Gasteiger partial charge in [0.1, 0.15) is 0 Å². The zero-order valence-electron chi connectivity index (χ0n) is 10.7. The first kappa shape index (κ1) is 13.3. The third-order valence-electron chi connectivity index (χ3n) is 3.37. The van der Waals surface area contributed by atoms with Gasteiger partial charge in [-0.1, -0.05) is 0 Å². The van der Waals surface area contributed by atoms with Crippen LogP contribution in [0, 0.1) is 10.1 Å². The summed E-state index contributed by atoms with van der Waals surface area (Å²) in [5.41, 5.74) is 0. The van der Waals surface area contributed by atoms with Crippen molar-refractivity contribution in [3.63, 3.8) is 0 Å². The second kappa shape index (κ2) is 5.25. The Hall–Kier alpha value is -2.12. The maximum atomic E-state index is 11.0. The first-order chi connectivity index (χ1) is 9.00. The summed E-state index contributed by atoms with van der Waals surface area (Å²) in [5, 5.41) is 19.9. The molecule has 0 radical (unpaired) electrons. The number of carboxylic acids is 1. The molecule has 8 heteroatoms. The maximum absolute atomic E-state index is 11.0. The average molecular weight is 268 g/mol. The van der Waals surface area contributed by atoms with Crippen molar-refractivity contribution in [2.24, 2.45) is 7.05 Å². The van der Waals surface area contributed by atoms with Gasteiger partial charge in [0, 0.05) is 19.6 Å². The molecule has 1 aliphatic heterocycles. The molecule has 104 valence electrons. The van der Waals surface area contributed by atoms with Crippen LogP contribution in [0.5, 0.6) is 0 Å². The highest BCUT2D eigenvalue weighted by atomic mass is 16.6. The number of piperidine rings is 1. The molecule has 1 saturated heterocycles. The number of imidazole rings is 1. The molecule has 0 aliphatic carbocycles. The number of hydrogen-bond acceptors (Lipinski definition) is 5. The monoisotopic (exact) mass is 268 g/mol. The van der Waals surface area contributed by atoms with E-state index in [1.807, 2.05) is 4.90 Å². The minimum atomic E-state index is -0.887. The Bertz CT molecular complexity index is 499. The molecule has 1 atom stereocenters. The summed E-state index contributed by atoms with van der Waals surface area (Å²) in [7, 11) is 1.68. The number of carbonyl (C=O) groups is 1. The molecule has 8 nitrogen and oxygen atoms in total. The molecule has 0 amide bonds. The lowest BCUT2D eigenvalue weighted by atomic mass is 9.99. The fraction of sp³-hybridized carbons (Fsp3) is 0.636. The van der Waals surface area contributed by atoms with Crippen LogP contribution in [0.15, 0.2) is 6.33 Å². The maximum Gasteiger partial charge on any atom is 0.406 e. The van der Waals surface area contributed by atoms with Gasteiger partial charge in [0.15, 0.2) is 0 Å². The molecular formula is C11H16N4O4. The highest BCUT2D eigenvalue weighted by Gasteiger charge is 2.32. The van der Waals surface area contributed by atoms with Crippen molar-refractivity contribution in [3.05, 3.63) is 16.4 Å². The zero-order chi connectivity index (χ0) is 14.0. The number of hydrogen-bond donors (Lipinski definition) is 1. The number of nitro groups is 1. The van der Waals surface area contributed by atoms with Gasteiger partial charge in [-0.15, -0.1) is 0 Å². The molecule has 1 fully saturated rings. The molecule has 0 bridgehead atoms. The van der Waals surface area contributed by atoms with Crippen molar-refractivity contribution in [2.75, 3.05) is 11.4 Å². The summed E-state index contributed by atoms with van der Waals surface area (Å²) in [4.78, 5) is 27.0. The molecule has 2 heterocycles. The average Bonchev–Trinajstić information content (AvgIpc) is 2.71. The number of aryl methyl sites for hydroxylation is 1. The SMILES string of the molecule is Cn1cnc([N+](=O)[O-])c1N1CCCCC1CC(=O)O. The number of aromatic nitrogens is 2. The van der Waals surface area contributed by atoms with Crippen LogP contribution >= 0.6 is 0 Å². The fourth-order valence-corrected chi connectivity index (χ4v) is 2.56. The quantitative estimate of drug-likeness (QED) is 0.649. The Morgan fingerprint density at radius 2 is 2.37 bits per heavy atom. The lowest BCUT2D eigenvalue weighted by molar-refractivity contribution is -0.388. The summed E-state index contributed by atoms with van der Waals surface area (Å²) in [6.07, 6.45) is 3.95. The van der Waals surface area contributed by atoms with Crippen LogP contribution in [-0.2, 0) is 11.8 Å². The minimum Gasteiger partial charge on any atom is -0.481 e. The van der Waals surface area contributed by atoms with E-state index in [4.69, 9.17) is 5.11 Å². The predicted octanol–water partition coefficient (Wildman–Crippen LogP) is 1.16. The van der Waals surface area contributed by atoms with Crippen LogP contribution in [0.4, 0.5) is 11.6 Å². The van der Waals surface area contributed by atoms with Crippen LogP contribution in [-0.4, -0.2) is 38.1 Å². The zero-order valence-corrected chi connectivity index (χ0v) is 10.7. The van der Waals surface area contributed by atoms with Crippen molar-refractivity contribution in [2.45, 2.75) is 31.7 Å². The topological polar surface area (TPSA) is 101 Å². The van der Waals surface area contributed by atoms with Crippen molar-refractivity contribution < 1.29 is 14.8 Å². The lowest BCUT2D eigenvalue weighted by Gasteiger charge is -2.35. The van der Waals surface area contributed by atoms with Gasteiger partial charge in [-0.25, -0.2) is 0 Å². The van der Waals surface area contributed by atoms with Gasteiger partial charge in [0.2, 0.25) is 12.1 Å². The van der Waals surface area contributed by atoms with Gasteiger partial charge in [0.05, 0.1) is 6.42 Å². The minimum absolute atomic E-state index is 0.0116. The second-order valence-electron chi connectivity index (χ2n) is 4.70. The van der Waals surface area contributed by atoms with Crippen molar-refractivity contribution in [3.8, 4) is 0 Å². The van der Waals surface area contributed by atoms with Gasteiger partial charge in [-0.3, -0.25) is 9.36 Å². The van der Waals surface area contributed by atoms with E-state index in [-0.39, 0.29) is 18.3 Å². The standard InChI is InChI=1S/C11H16N4O4/c1-13-7-12-10(15(18)19)11(13)14-5-3-2-4-8(14)6-9(16)17/h7-8H,2-6H2,1H3,(H,16,17). The van der Waals surface area contributed by atoms with Gasteiger partial charge in [-0.2, -0.15) is 0 Å². The Kier molecular flexibility index (Phi) is 3.68. The molecule has 2 rings (SSSR count). The Morgan fingerprint density at radius 1 is 1.63 bits per heavy atom. The van der Waals surface area contributed by atoms with Gasteiger partial charge < -0.3 is 20.1 Å². The van der Waals surface area contributed by atoms with Crippen molar-refractivity contribution in [1.29, 1.82) is 0 Å². The summed E-state index contributed by atoms with van der Waals surface area (Å²) in [6, 6.07) is -0.208. The fourth-order valence-electron chi connectivity index (χ4n) is 2.56. The summed E-state index contributed by atoms with van der Waals surface area (Å²) in [5.74, 6) is -0.697. The van der Waals surface area contributed by atoms with E-state index in [1.54, 1.807) is 11.6 Å². The van der Waals surface area contributed by atoms with Crippen molar-refractivity contribution >= 4 is 17.6 Å². The Morgan fingerprint density at radius 3 is 3.00 bits per heavy atom. The van der Waals surface area contributed by atoms with E-state index < -0.39 is 10.9 Å². The largest absolute Gasteiger partial charge is 0.481 e. The van der Waals surface area contributed by atoms with Crippen LogP contribution < -0.4 is 4.90 Å². The van der Waals surface area contributed by atoms with Crippen LogP contribution in [0.1, 0.15) is 25.7 Å². The summed E-state index contributed by atoms with van der Waals surface area (Å²) in [6.45, 7) is 0.623. The van der Waals surface area contributed by atoms with E-state index in [2.05, 4.69) is 4.98 Å². The van der Waals surface area contributed by atoms with Gasteiger partial charge in [0.25, 0.3) is 0 Å². The van der Waals surface area contributed by atoms with Crippen LogP contribution in [0.2, 0.25) is 0 Å². The number of rotatable bonds is 4. The smallest absolute Gasteiger partial charge is 0.406 e. The van der Waals surface area contributed by atoms with Crippen LogP contribution in [0.25, 0.3) is 0 Å². The summed E-state index contributed by atoms with van der Waals surface area (Å²) >= 11 is 0. The lowest BCUT2D eigenvalue weighted by Crippen LogP contribution is -2.42. The predicted molar refractivity (Wildman–Crippen MR) is 67.1 cm³/mol. The number of nitrogens with zero attached hydrogens (tertiary/aromatic N) is 4. The first-order valence-corrected chi connectivity index (χ1v) is 6.15. The molecular weight excluding hydrogens is 252 g/mol. The number of anilines is 1. The van der Waals surface area contributed by atoms with Crippen LogP contribution in [0.3, 0.4) is 0 Å². The molecule has 1 aliphatic rings. The normalized spacial score (nSPS) is 19.4. The van der Waals surface area contributed by atoms with Gasteiger partial charge >= 0.3 is 11.8 Å². The van der Waals surface area contributed by atoms with Gasteiger partial charge in [-0.05, 0) is 29.2 Å². The van der Waals surface area contributed by atoms with E-state index in [9.17, 15) is 14.9 Å². The Labute approximate surface area is 109 Å².